The summed E-state index contributed by atoms with van der Waals surface area (Å²) in [6.07, 6.45) is 7.96. The summed E-state index contributed by atoms with van der Waals surface area (Å²) in [6.45, 7) is 6.22. The van der Waals surface area contributed by atoms with Crippen LogP contribution in [-0.2, 0) is 11.3 Å². The van der Waals surface area contributed by atoms with Gasteiger partial charge in [0.1, 0.15) is 0 Å². The molecule has 0 radical (unpaired) electrons. The van der Waals surface area contributed by atoms with Gasteiger partial charge in [-0.1, -0.05) is 20.3 Å². The van der Waals surface area contributed by atoms with E-state index >= 15 is 0 Å². The van der Waals surface area contributed by atoms with Gasteiger partial charge in [0.25, 0.3) is 0 Å². The van der Waals surface area contributed by atoms with Crippen molar-refractivity contribution < 1.29 is 4.74 Å². The van der Waals surface area contributed by atoms with Gasteiger partial charge in [0.05, 0.1) is 25.0 Å². The molecule has 0 bridgehead atoms. The van der Waals surface area contributed by atoms with Crippen LogP contribution in [0.1, 0.15) is 33.1 Å². The lowest BCUT2D eigenvalue weighted by Gasteiger charge is -2.33. The van der Waals surface area contributed by atoms with E-state index in [4.69, 9.17) is 4.74 Å². The Kier molecular flexibility index (Phi) is 4.64. The molecule has 0 amide bonds. The number of methoxy groups -OCH3 is 1. The zero-order chi connectivity index (χ0) is 13.0. The average Bonchev–Trinajstić information content (AvgIpc) is 2.79. The molecule has 0 spiro atoms. The molecular weight excluding hydrogens is 226 g/mol. The molecule has 0 saturated heterocycles. The number of aromatic nitrogens is 2. The smallest absolute Gasteiger partial charge is 0.0728 e. The molecule has 0 aliphatic heterocycles. The number of ether oxygens (including phenoxy) is 1. The molecule has 18 heavy (non-hydrogen) atoms. The van der Waals surface area contributed by atoms with Gasteiger partial charge in [-0.3, -0.25) is 4.68 Å². The van der Waals surface area contributed by atoms with Crippen LogP contribution >= 0.6 is 0 Å². The lowest BCUT2D eigenvalue weighted by atomic mass is 9.80. The molecule has 1 N–H and O–H groups in total. The Labute approximate surface area is 110 Å². The fourth-order valence-corrected chi connectivity index (χ4v) is 2.69. The molecule has 1 aliphatic carbocycles. The molecule has 2 rings (SSSR count). The number of rotatable bonds is 5. The third-order valence-corrected chi connectivity index (χ3v) is 3.97. The van der Waals surface area contributed by atoms with Crippen molar-refractivity contribution in [3.8, 4) is 0 Å². The molecule has 1 aliphatic rings. The summed E-state index contributed by atoms with van der Waals surface area (Å²) in [4.78, 5) is 0. The zero-order valence-electron chi connectivity index (χ0n) is 11.7. The van der Waals surface area contributed by atoms with Gasteiger partial charge in [-0.05, 0) is 24.7 Å². The first-order valence-electron chi connectivity index (χ1n) is 6.97. The largest absolute Gasteiger partial charge is 0.383 e. The molecular formula is C14H25N3O. The Hall–Kier alpha value is -1.03. The number of anilines is 1. The Morgan fingerprint density at radius 2 is 2.28 bits per heavy atom. The van der Waals surface area contributed by atoms with Gasteiger partial charge in [-0.15, -0.1) is 0 Å². The van der Waals surface area contributed by atoms with E-state index in [0.717, 1.165) is 24.1 Å². The maximum Gasteiger partial charge on any atom is 0.0728 e. The van der Waals surface area contributed by atoms with Crippen molar-refractivity contribution in [2.45, 2.75) is 45.7 Å². The van der Waals surface area contributed by atoms with E-state index < -0.39 is 0 Å². The van der Waals surface area contributed by atoms with Crippen LogP contribution in [-0.4, -0.2) is 29.5 Å². The summed E-state index contributed by atoms with van der Waals surface area (Å²) in [5, 5.41) is 7.97. The van der Waals surface area contributed by atoms with E-state index in [9.17, 15) is 0 Å². The fraction of sp³-hybridized carbons (Fsp3) is 0.786. The fourth-order valence-electron chi connectivity index (χ4n) is 2.69. The predicted molar refractivity (Wildman–Crippen MR) is 73.7 cm³/mol. The summed E-state index contributed by atoms with van der Waals surface area (Å²) in [5.74, 6) is 1.59. The molecule has 1 aromatic heterocycles. The molecule has 102 valence electrons. The monoisotopic (exact) mass is 251 g/mol. The molecule has 1 aromatic rings. The second-order valence-corrected chi connectivity index (χ2v) is 5.63. The van der Waals surface area contributed by atoms with Crippen molar-refractivity contribution in [1.29, 1.82) is 0 Å². The number of hydrogen-bond acceptors (Lipinski definition) is 3. The number of nitrogens with zero attached hydrogens (tertiary/aromatic N) is 2. The highest BCUT2D eigenvalue weighted by Gasteiger charge is 2.25. The van der Waals surface area contributed by atoms with Crippen LogP contribution in [0.4, 0.5) is 5.69 Å². The lowest BCUT2D eigenvalue weighted by molar-refractivity contribution is 0.183. The van der Waals surface area contributed by atoms with Gasteiger partial charge in [-0.2, -0.15) is 5.10 Å². The third-order valence-electron chi connectivity index (χ3n) is 3.97. The molecule has 1 fully saturated rings. The Morgan fingerprint density at radius 1 is 1.44 bits per heavy atom. The van der Waals surface area contributed by atoms with Crippen molar-refractivity contribution in [3.63, 3.8) is 0 Å². The predicted octanol–water partition coefficient (Wildman–Crippen LogP) is 2.77. The summed E-state index contributed by atoms with van der Waals surface area (Å²) < 4.78 is 6.99. The van der Waals surface area contributed by atoms with Crippen molar-refractivity contribution in [3.05, 3.63) is 12.4 Å². The second-order valence-electron chi connectivity index (χ2n) is 5.63. The van der Waals surface area contributed by atoms with Crippen LogP contribution in [0.5, 0.6) is 0 Å². The third kappa shape index (κ3) is 3.48. The van der Waals surface area contributed by atoms with E-state index in [1.54, 1.807) is 7.11 Å². The summed E-state index contributed by atoms with van der Waals surface area (Å²) in [6, 6.07) is 0.592. The molecule has 4 heteroatoms. The SMILES string of the molecule is COCCn1cc(NC2CC(C)CCC2C)cn1. The highest BCUT2D eigenvalue weighted by molar-refractivity contribution is 5.39. The van der Waals surface area contributed by atoms with Crippen LogP contribution in [0.15, 0.2) is 12.4 Å². The molecule has 1 saturated carbocycles. The molecule has 3 atom stereocenters. The van der Waals surface area contributed by atoms with Crippen molar-refractivity contribution in [2.75, 3.05) is 19.0 Å². The number of nitrogens with one attached hydrogen (secondary N) is 1. The van der Waals surface area contributed by atoms with Gasteiger partial charge in [0.2, 0.25) is 0 Å². The maximum atomic E-state index is 5.05. The van der Waals surface area contributed by atoms with Crippen molar-refractivity contribution >= 4 is 5.69 Å². The van der Waals surface area contributed by atoms with Crippen molar-refractivity contribution in [1.82, 2.24) is 9.78 Å². The maximum absolute atomic E-state index is 5.05. The summed E-state index contributed by atoms with van der Waals surface area (Å²) in [5.41, 5.74) is 1.14. The van der Waals surface area contributed by atoms with Gasteiger partial charge >= 0.3 is 0 Å². The Balaban J connectivity index is 1.89. The lowest BCUT2D eigenvalue weighted by Crippen LogP contribution is -2.33. The van der Waals surface area contributed by atoms with E-state index in [2.05, 4.69) is 30.5 Å². The van der Waals surface area contributed by atoms with Crippen LogP contribution in [0, 0.1) is 11.8 Å². The second kappa shape index (κ2) is 6.23. The zero-order valence-corrected chi connectivity index (χ0v) is 11.7. The van der Waals surface area contributed by atoms with Gasteiger partial charge in [0.15, 0.2) is 0 Å². The van der Waals surface area contributed by atoms with E-state index in [0.29, 0.717) is 12.6 Å². The Bertz CT molecular complexity index is 364. The summed E-state index contributed by atoms with van der Waals surface area (Å²) in [7, 11) is 1.72. The minimum absolute atomic E-state index is 0.592. The molecule has 0 aromatic carbocycles. The number of hydrogen-bond donors (Lipinski definition) is 1. The Morgan fingerprint density at radius 3 is 3.06 bits per heavy atom. The van der Waals surface area contributed by atoms with E-state index in [1.165, 1.54) is 19.3 Å². The first-order chi connectivity index (χ1) is 8.69. The minimum atomic E-state index is 0.592. The average molecular weight is 251 g/mol. The van der Waals surface area contributed by atoms with Crippen LogP contribution in [0.25, 0.3) is 0 Å². The molecule has 1 heterocycles. The normalized spacial score (nSPS) is 28.3. The minimum Gasteiger partial charge on any atom is -0.383 e. The van der Waals surface area contributed by atoms with Gasteiger partial charge in [0, 0.05) is 19.3 Å². The first-order valence-corrected chi connectivity index (χ1v) is 6.97. The molecule has 3 unspecified atom stereocenters. The van der Waals surface area contributed by atoms with E-state index in [1.807, 2.05) is 10.9 Å². The quantitative estimate of drug-likeness (QED) is 0.874. The summed E-state index contributed by atoms with van der Waals surface area (Å²) >= 11 is 0. The van der Waals surface area contributed by atoms with Gasteiger partial charge < -0.3 is 10.1 Å². The first kappa shape index (κ1) is 13.4. The van der Waals surface area contributed by atoms with E-state index in [-0.39, 0.29) is 0 Å². The van der Waals surface area contributed by atoms with Crippen LogP contribution < -0.4 is 5.32 Å². The highest BCUT2D eigenvalue weighted by atomic mass is 16.5. The van der Waals surface area contributed by atoms with Crippen LogP contribution in [0.3, 0.4) is 0 Å². The van der Waals surface area contributed by atoms with Crippen molar-refractivity contribution in [2.24, 2.45) is 11.8 Å². The topological polar surface area (TPSA) is 39.1 Å². The molecule has 4 nitrogen and oxygen atoms in total. The standard InChI is InChI=1S/C14H25N3O/c1-11-4-5-12(2)14(8-11)16-13-9-15-17(10-13)6-7-18-3/h9-12,14,16H,4-8H2,1-3H3. The van der Waals surface area contributed by atoms with Gasteiger partial charge in [-0.25, -0.2) is 0 Å². The highest BCUT2D eigenvalue weighted by Crippen LogP contribution is 2.30. The van der Waals surface area contributed by atoms with Crippen LogP contribution in [0.2, 0.25) is 0 Å².